The van der Waals surface area contributed by atoms with Crippen molar-refractivity contribution in [3.8, 4) is 11.5 Å². The number of benzene rings is 2. The molecule has 0 atom stereocenters. The maximum Gasteiger partial charge on any atom is 0.259 e. The summed E-state index contributed by atoms with van der Waals surface area (Å²) in [4.78, 5) is 12.6. The summed E-state index contributed by atoms with van der Waals surface area (Å²) in [5.41, 5.74) is 8.04. The summed E-state index contributed by atoms with van der Waals surface area (Å²) in [6.45, 7) is 3.40. The second-order valence-corrected chi connectivity index (χ2v) is 6.85. The van der Waals surface area contributed by atoms with Gasteiger partial charge in [0.15, 0.2) is 0 Å². The van der Waals surface area contributed by atoms with E-state index in [1.54, 1.807) is 0 Å². The molecule has 8 heteroatoms. The highest BCUT2D eigenvalue weighted by Gasteiger charge is 2.18. The molecule has 2 aromatic carbocycles. The number of ether oxygens (including phenoxy) is 3. The molecule has 1 amide bonds. The number of methoxy groups -OCH3 is 1. The number of rotatable bonds is 5. The van der Waals surface area contributed by atoms with Crippen molar-refractivity contribution in [1.82, 2.24) is 0 Å². The van der Waals surface area contributed by atoms with E-state index in [9.17, 15) is 4.79 Å². The van der Waals surface area contributed by atoms with E-state index in [1.165, 1.54) is 19.2 Å². The fraction of sp³-hybridized carbons (Fsp3) is 0.350. The first kappa shape index (κ1) is 22.1. The molecule has 1 aliphatic heterocycles. The molecule has 0 aromatic heterocycles. The number of hydrogen-bond acceptors (Lipinski definition) is 5. The molecule has 1 fully saturated rings. The van der Waals surface area contributed by atoms with Crippen molar-refractivity contribution < 1.29 is 19.0 Å². The SMILES string of the molecule is COc1cc(N)c(Cl)cc1C(=O)Nc1ccc(OC2CCOCC2)c(C)c1.Cl. The fourth-order valence-corrected chi connectivity index (χ4v) is 3.11. The molecule has 2 aromatic rings. The standard InChI is InChI=1S/C20H23ClN2O4.ClH/c1-12-9-13(3-4-18(12)27-14-5-7-26-8-6-14)23-20(24)15-10-16(21)17(22)11-19(15)25-2;/h3-4,9-11,14H,5-8,22H2,1-2H3,(H,23,24);1H. The van der Waals surface area contributed by atoms with Crippen molar-refractivity contribution in [3.63, 3.8) is 0 Å². The highest BCUT2D eigenvalue weighted by molar-refractivity contribution is 6.33. The minimum absolute atomic E-state index is 0. The summed E-state index contributed by atoms with van der Waals surface area (Å²) in [5, 5.41) is 3.16. The van der Waals surface area contributed by atoms with Gasteiger partial charge in [-0.3, -0.25) is 4.79 Å². The van der Waals surface area contributed by atoms with Crippen molar-refractivity contribution in [3.05, 3.63) is 46.5 Å². The molecule has 0 radical (unpaired) electrons. The molecule has 1 heterocycles. The molecule has 28 heavy (non-hydrogen) atoms. The maximum atomic E-state index is 12.6. The van der Waals surface area contributed by atoms with Crippen LogP contribution >= 0.6 is 24.0 Å². The van der Waals surface area contributed by atoms with Crippen LogP contribution in [-0.4, -0.2) is 32.3 Å². The van der Waals surface area contributed by atoms with Gasteiger partial charge in [0.2, 0.25) is 0 Å². The van der Waals surface area contributed by atoms with Crippen LogP contribution in [0, 0.1) is 6.92 Å². The van der Waals surface area contributed by atoms with Gasteiger partial charge in [-0.25, -0.2) is 0 Å². The smallest absolute Gasteiger partial charge is 0.259 e. The van der Waals surface area contributed by atoms with Crippen molar-refractivity contribution >= 4 is 41.3 Å². The van der Waals surface area contributed by atoms with Crippen LogP contribution in [0.1, 0.15) is 28.8 Å². The number of amides is 1. The number of nitrogens with two attached hydrogens (primary N) is 1. The number of nitrogen functional groups attached to an aromatic ring is 1. The summed E-state index contributed by atoms with van der Waals surface area (Å²) in [5.74, 6) is 0.852. The average molecular weight is 427 g/mol. The molecule has 0 aliphatic carbocycles. The van der Waals surface area contributed by atoms with E-state index in [1.807, 2.05) is 25.1 Å². The average Bonchev–Trinajstić information content (AvgIpc) is 2.66. The van der Waals surface area contributed by atoms with E-state index in [4.69, 9.17) is 31.5 Å². The first-order chi connectivity index (χ1) is 13.0. The van der Waals surface area contributed by atoms with Crippen molar-refractivity contribution in [2.24, 2.45) is 0 Å². The van der Waals surface area contributed by atoms with Crippen LogP contribution in [0.15, 0.2) is 30.3 Å². The number of halogens is 2. The topological polar surface area (TPSA) is 82.8 Å². The number of hydrogen-bond donors (Lipinski definition) is 2. The summed E-state index contributed by atoms with van der Waals surface area (Å²) in [6.07, 6.45) is 1.93. The van der Waals surface area contributed by atoms with E-state index in [2.05, 4.69) is 5.32 Å². The van der Waals surface area contributed by atoms with Gasteiger partial charge in [-0.15, -0.1) is 12.4 Å². The zero-order valence-corrected chi connectivity index (χ0v) is 17.4. The molecule has 3 N–H and O–H groups in total. The van der Waals surface area contributed by atoms with Gasteiger partial charge in [-0.1, -0.05) is 11.6 Å². The van der Waals surface area contributed by atoms with Gasteiger partial charge in [0.25, 0.3) is 5.91 Å². The van der Waals surface area contributed by atoms with Gasteiger partial charge in [0.1, 0.15) is 17.6 Å². The summed E-state index contributed by atoms with van der Waals surface area (Å²) in [6, 6.07) is 8.59. The van der Waals surface area contributed by atoms with Crippen molar-refractivity contribution in [2.75, 3.05) is 31.4 Å². The van der Waals surface area contributed by atoms with E-state index in [0.717, 1.165) is 37.4 Å². The first-order valence-electron chi connectivity index (χ1n) is 8.77. The fourth-order valence-electron chi connectivity index (χ4n) is 2.95. The molecule has 0 spiro atoms. The van der Waals surface area contributed by atoms with Gasteiger partial charge in [0.05, 0.1) is 36.6 Å². The van der Waals surface area contributed by atoms with Crippen LogP contribution in [0.2, 0.25) is 5.02 Å². The Balaban J connectivity index is 0.00000280. The summed E-state index contributed by atoms with van der Waals surface area (Å²) in [7, 11) is 1.48. The normalized spacial score (nSPS) is 14.1. The number of nitrogens with one attached hydrogen (secondary N) is 1. The third-order valence-electron chi connectivity index (χ3n) is 4.46. The second kappa shape index (κ2) is 9.87. The minimum Gasteiger partial charge on any atom is -0.496 e. The Morgan fingerprint density at radius 2 is 1.93 bits per heavy atom. The van der Waals surface area contributed by atoms with Crippen LogP contribution < -0.4 is 20.5 Å². The van der Waals surface area contributed by atoms with Crippen LogP contribution in [0.3, 0.4) is 0 Å². The Hall–Kier alpha value is -2.15. The zero-order valence-electron chi connectivity index (χ0n) is 15.8. The highest BCUT2D eigenvalue weighted by Crippen LogP contribution is 2.30. The van der Waals surface area contributed by atoms with Crippen molar-refractivity contribution in [2.45, 2.75) is 25.9 Å². The Bertz CT molecular complexity index is 839. The number of carbonyl (C=O) groups excluding carboxylic acids is 1. The third-order valence-corrected chi connectivity index (χ3v) is 4.79. The van der Waals surface area contributed by atoms with Crippen molar-refractivity contribution in [1.29, 1.82) is 0 Å². The molecule has 152 valence electrons. The Morgan fingerprint density at radius 1 is 1.21 bits per heavy atom. The van der Waals surface area contributed by atoms with Gasteiger partial charge in [-0.05, 0) is 36.8 Å². The summed E-state index contributed by atoms with van der Waals surface area (Å²) < 4.78 is 16.6. The lowest BCUT2D eigenvalue weighted by molar-refractivity contribution is 0.0253. The molecular weight excluding hydrogens is 403 g/mol. The summed E-state index contributed by atoms with van der Waals surface area (Å²) >= 11 is 6.04. The highest BCUT2D eigenvalue weighted by atomic mass is 35.5. The molecule has 1 saturated heterocycles. The lowest BCUT2D eigenvalue weighted by Crippen LogP contribution is -2.26. The Labute approximate surface area is 175 Å². The van der Waals surface area contributed by atoms with Crippen LogP contribution in [0.4, 0.5) is 11.4 Å². The lowest BCUT2D eigenvalue weighted by atomic mass is 10.1. The van der Waals surface area contributed by atoms with E-state index < -0.39 is 0 Å². The van der Waals surface area contributed by atoms with Gasteiger partial charge in [-0.2, -0.15) is 0 Å². The number of carbonyl (C=O) groups is 1. The Kier molecular flexibility index (Phi) is 7.80. The van der Waals surface area contributed by atoms with E-state index in [-0.39, 0.29) is 24.4 Å². The monoisotopic (exact) mass is 426 g/mol. The Morgan fingerprint density at radius 3 is 2.57 bits per heavy atom. The molecule has 1 aliphatic rings. The van der Waals surface area contributed by atoms with Gasteiger partial charge in [0, 0.05) is 24.6 Å². The van der Waals surface area contributed by atoms with Gasteiger partial charge >= 0.3 is 0 Å². The predicted molar refractivity (Wildman–Crippen MR) is 113 cm³/mol. The first-order valence-corrected chi connectivity index (χ1v) is 9.15. The lowest BCUT2D eigenvalue weighted by Gasteiger charge is -2.24. The third kappa shape index (κ3) is 5.22. The van der Waals surface area contributed by atoms with Crippen LogP contribution in [0.5, 0.6) is 11.5 Å². The molecule has 3 rings (SSSR count). The quantitative estimate of drug-likeness (QED) is 0.688. The number of aryl methyl sites for hydroxylation is 1. The second-order valence-electron chi connectivity index (χ2n) is 6.44. The van der Waals surface area contributed by atoms with Gasteiger partial charge < -0.3 is 25.3 Å². The van der Waals surface area contributed by atoms with Crippen LogP contribution in [0.25, 0.3) is 0 Å². The largest absolute Gasteiger partial charge is 0.496 e. The maximum absolute atomic E-state index is 12.6. The van der Waals surface area contributed by atoms with Crippen LogP contribution in [-0.2, 0) is 4.74 Å². The predicted octanol–water partition coefficient (Wildman–Crippen LogP) is 4.47. The molecule has 0 bridgehead atoms. The minimum atomic E-state index is -0.328. The van der Waals surface area contributed by atoms with E-state index in [0.29, 0.717) is 27.7 Å². The zero-order chi connectivity index (χ0) is 19.4. The van der Waals surface area contributed by atoms with E-state index >= 15 is 0 Å². The number of anilines is 2. The molecule has 0 saturated carbocycles. The molecular formula is C20H24Cl2N2O4. The molecule has 0 unspecified atom stereocenters. The molecule has 6 nitrogen and oxygen atoms in total.